The molecule has 0 spiro atoms. The van der Waals surface area contributed by atoms with Crippen LogP contribution in [0, 0.1) is 5.92 Å². The normalized spacial score (nSPS) is 23.5. The van der Waals surface area contributed by atoms with Crippen molar-refractivity contribution in [3.05, 3.63) is 29.8 Å². The summed E-state index contributed by atoms with van der Waals surface area (Å²) >= 11 is 0. The van der Waals surface area contributed by atoms with E-state index in [2.05, 4.69) is 12.2 Å². The van der Waals surface area contributed by atoms with Crippen molar-refractivity contribution in [1.29, 1.82) is 0 Å². The van der Waals surface area contributed by atoms with Crippen LogP contribution in [-0.2, 0) is 9.59 Å². The van der Waals surface area contributed by atoms with Gasteiger partial charge in [-0.1, -0.05) is 38.3 Å². The third-order valence-corrected chi connectivity index (χ3v) is 5.68. The van der Waals surface area contributed by atoms with Gasteiger partial charge in [0.15, 0.2) is 0 Å². The number of nitrogens with one attached hydrogen (secondary N) is 1. The largest absolute Gasteiger partial charge is 0.497 e. The maximum Gasteiger partial charge on any atom is 0.226 e. The Bertz CT molecular complexity index is 623. The van der Waals surface area contributed by atoms with Gasteiger partial charge in [-0.05, 0) is 37.0 Å². The third-order valence-electron chi connectivity index (χ3n) is 5.68. The Labute approximate surface area is 156 Å². The van der Waals surface area contributed by atoms with Gasteiger partial charge < -0.3 is 15.0 Å². The average Bonchev–Trinajstić information content (AvgIpc) is 3.27. The minimum Gasteiger partial charge on any atom is -0.497 e. The van der Waals surface area contributed by atoms with Gasteiger partial charge in [-0.25, -0.2) is 0 Å². The molecule has 2 amide bonds. The lowest BCUT2D eigenvalue weighted by Crippen LogP contribution is -2.40. The van der Waals surface area contributed by atoms with Crippen LogP contribution in [0.2, 0.25) is 0 Å². The highest BCUT2D eigenvalue weighted by atomic mass is 16.5. The number of likely N-dealkylation sites (tertiary alicyclic amines) is 1. The Balaban J connectivity index is 1.82. The summed E-state index contributed by atoms with van der Waals surface area (Å²) in [4.78, 5) is 27.5. The molecule has 5 heteroatoms. The van der Waals surface area contributed by atoms with E-state index in [1.807, 2.05) is 29.2 Å². The van der Waals surface area contributed by atoms with Crippen LogP contribution in [-0.4, -0.2) is 36.4 Å². The molecular weight excluding hydrogens is 328 g/mol. The zero-order chi connectivity index (χ0) is 18.5. The fraction of sp³-hybridized carbons (Fsp3) is 0.619. The summed E-state index contributed by atoms with van der Waals surface area (Å²) in [5, 5.41) is 3.20. The van der Waals surface area contributed by atoms with E-state index in [4.69, 9.17) is 4.74 Å². The number of ether oxygens (including phenoxy) is 1. The van der Waals surface area contributed by atoms with Gasteiger partial charge in [-0.15, -0.1) is 0 Å². The first-order valence-corrected chi connectivity index (χ1v) is 9.87. The molecule has 2 fully saturated rings. The van der Waals surface area contributed by atoms with Crippen LogP contribution in [0.1, 0.15) is 63.5 Å². The molecule has 2 atom stereocenters. The Morgan fingerprint density at radius 1 is 1.23 bits per heavy atom. The molecule has 5 nitrogen and oxygen atoms in total. The summed E-state index contributed by atoms with van der Waals surface area (Å²) in [6, 6.07) is 7.87. The molecule has 1 aromatic carbocycles. The predicted octanol–water partition coefficient (Wildman–Crippen LogP) is 3.44. The molecule has 142 valence electrons. The van der Waals surface area contributed by atoms with E-state index in [1.54, 1.807) is 7.11 Å². The van der Waals surface area contributed by atoms with Crippen molar-refractivity contribution in [3.8, 4) is 5.75 Å². The van der Waals surface area contributed by atoms with Crippen molar-refractivity contribution in [1.82, 2.24) is 10.2 Å². The SMILES string of the molecule is CCCCN1C(=O)CC(C(=O)NC2CCCC2)C1c1ccc(OC)cc1. The second kappa shape index (κ2) is 8.56. The average molecular weight is 358 g/mol. The number of unbranched alkanes of at least 4 members (excludes halogenated alkanes) is 1. The Morgan fingerprint density at radius 3 is 2.54 bits per heavy atom. The molecule has 0 bridgehead atoms. The van der Waals surface area contributed by atoms with E-state index in [0.29, 0.717) is 13.0 Å². The number of amides is 2. The number of nitrogens with zero attached hydrogens (tertiary/aromatic N) is 1. The highest BCUT2D eigenvalue weighted by molar-refractivity contribution is 5.90. The van der Waals surface area contributed by atoms with E-state index in [9.17, 15) is 9.59 Å². The molecular formula is C21H30N2O3. The highest BCUT2D eigenvalue weighted by Crippen LogP contribution is 2.39. The molecule has 2 aliphatic rings. The van der Waals surface area contributed by atoms with Gasteiger partial charge in [-0.2, -0.15) is 0 Å². The predicted molar refractivity (Wildman–Crippen MR) is 101 cm³/mol. The number of carbonyl (C=O) groups excluding carboxylic acids is 2. The fourth-order valence-electron chi connectivity index (χ4n) is 4.21. The first kappa shape index (κ1) is 18.7. The number of carbonyl (C=O) groups is 2. The van der Waals surface area contributed by atoms with Crippen molar-refractivity contribution in [2.75, 3.05) is 13.7 Å². The van der Waals surface area contributed by atoms with E-state index in [0.717, 1.165) is 37.0 Å². The summed E-state index contributed by atoms with van der Waals surface area (Å²) < 4.78 is 5.25. The van der Waals surface area contributed by atoms with Gasteiger partial charge in [0.05, 0.1) is 19.1 Å². The quantitative estimate of drug-likeness (QED) is 0.812. The maximum absolute atomic E-state index is 13.0. The summed E-state index contributed by atoms with van der Waals surface area (Å²) in [7, 11) is 1.64. The van der Waals surface area contributed by atoms with Crippen molar-refractivity contribution >= 4 is 11.8 Å². The molecule has 1 heterocycles. The van der Waals surface area contributed by atoms with Gasteiger partial charge in [0, 0.05) is 19.0 Å². The van der Waals surface area contributed by atoms with Crippen molar-refractivity contribution in [2.24, 2.45) is 5.92 Å². The lowest BCUT2D eigenvalue weighted by Gasteiger charge is -2.29. The van der Waals surface area contributed by atoms with Crippen LogP contribution < -0.4 is 10.1 Å². The first-order valence-electron chi connectivity index (χ1n) is 9.87. The summed E-state index contributed by atoms with van der Waals surface area (Å²) in [5.74, 6) is 0.592. The second-order valence-electron chi connectivity index (χ2n) is 7.46. The smallest absolute Gasteiger partial charge is 0.226 e. The van der Waals surface area contributed by atoms with Gasteiger partial charge in [0.2, 0.25) is 11.8 Å². The standard InChI is InChI=1S/C21H30N2O3/c1-3-4-13-23-19(24)14-18(21(25)22-16-7-5-6-8-16)20(23)15-9-11-17(26-2)12-10-15/h9-12,16,18,20H,3-8,13-14H2,1-2H3,(H,22,25). The molecule has 1 saturated carbocycles. The van der Waals surface area contributed by atoms with E-state index >= 15 is 0 Å². The van der Waals surface area contributed by atoms with Crippen molar-refractivity contribution in [2.45, 2.75) is 64.0 Å². The summed E-state index contributed by atoms with van der Waals surface area (Å²) in [5.41, 5.74) is 1.01. The minimum atomic E-state index is -0.312. The minimum absolute atomic E-state index is 0.0325. The zero-order valence-corrected chi connectivity index (χ0v) is 15.9. The maximum atomic E-state index is 13.0. The van der Waals surface area contributed by atoms with Crippen LogP contribution in [0.4, 0.5) is 0 Å². The molecule has 1 saturated heterocycles. The molecule has 26 heavy (non-hydrogen) atoms. The monoisotopic (exact) mass is 358 g/mol. The van der Waals surface area contributed by atoms with Crippen LogP contribution in [0.3, 0.4) is 0 Å². The number of hydrogen-bond acceptors (Lipinski definition) is 3. The Kier molecular flexibility index (Phi) is 6.17. The molecule has 0 radical (unpaired) electrons. The number of methoxy groups -OCH3 is 1. The Morgan fingerprint density at radius 2 is 1.92 bits per heavy atom. The molecule has 3 rings (SSSR count). The topological polar surface area (TPSA) is 58.6 Å². The molecule has 1 N–H and O–H groups in total. The zero-order valence-electron chi connectivity index (χ0n) is 15.9. The van der Waals surface area contributed by atoms with Crippen LogP contribution in [0.15, 0.2) is 24.3 Å². The lowest BCUT2D eigenvalue weighted by molar-refractivity contribution is -0.129. The van der Waals surface area contributed by atoms with Crippen molar-refractivity contribution < 1.29 is 14.3 Å². The number of rotatable bonds is 7. The van der Waals surface area contributed by atoms with Gasteiger partial charge in [-0.3, -0.25) is 9.59 Å². The fourth-order valence-corrected chi connectivity index (χ4v) is 4.21. The molecule has 1 aliphatic heterocycles. The van der Waals surface area contributed by atoms with Gasteiger partial charge in [0.25, 0.3) is 0 Å². The number of benzene rings is 1. The van der Waals surface area contributed by atoms with Crippen molar-refractivity contribution in [3.63, 3.8) is 0 Å². The third kappa shape index (κ3) is 4.02. The van der Waals surface area contributed by atoms with Gasteiger partial charge in [0.1, 0.15) is 5.75 Å². The van der Waals surface area contributed by atoms with E-state index < -0.39 is 0 Å². The molecule has 0 aromatic heterocycles. The summed E-state index contributed by atoms with van der Waals surface area (Å²) in [6.45, 7) is 2.83. The summed E-state index contributed by atoms with van der Waals surface area (Å²) in [6.07, 6.45) is 6.75. The van der Waals surface area contributed by atoms with E-state index in [-0.39, 0.29) is 29.8 Å². The lowest BCUT2D eigenvalue weighted by atomic mass is 9.92. The highest BCUT2D eigenvalue weighted by Gasteiger charge is 2.44. The van der Waals surface area contributed by atoms with Crippen LogP contribution >= 0.6 is 0 Å². The molecule has 1 aliphatic carbocycles. The molecule has 1 aromatic rings. The van der Waals surface area contributed by atoms with E-state index in [1.165, 1.54) is 12.8 Å². The first-order chi connectivity index (χ1) is 12.6. The second-order valence-corrected chi connectivity index (χ2v) is 7.46. The van der Waals surface area contributed by atoms with Gasteiger partial charge >= 0.3 is 0 Å². The van der Waals surface area contributed by atoms with Crippen LogP contribution in [0.5, 0.6) is 5.75 Å². The number of hydrogen-bond donors (Lipinski definition) is 1. The molecule has 2 unspecified atom stereocenters. The Hall–Kier alpha value is -2.04. The van der Waals surface area contributed by atoms with Crippen LogP contribution in [0.25, 0.3) is 0 Å².